The van der Waals surface area contributed by atoms with E-state index in [1.165, 1.54) is 22.3 Å². The molecule has 0 aliphatic carbocycles. The Bertz CT molecular complexity index is 4280. The predicted molar refractivity (Wildman–Crippen MR) is 339 cm³/mol. The van der Waals surface area contributed by atoms with E-state index in [-0.39, 0.29) is 13.4 Å². The van der Waals surface area contributed by atoms with E-state index < -0.39 is 6.71 Å². The van der Waals surface area contributed by atoms with Crippen LogP contribution in [0.25, 0.3) is 0 Å². The van der Waals surface area contributed by atoms with Crippen LogP contribution in [0.15, 0.2) is 206 Å². The van der Waals surface area contributed by atoms with Gasteiger partial charge in [0.15, 0.2) is 0 Å². The fourth-order valence-corrected chi connectivity index (χ4v) is 14.7. The van der Waals surface area contributed by atoms with Crippen LogP contribution in [0.1, 0.15) is 33.4 Å². The smallest absolute Gasteiger partial charge is 0.261 e. The average molecular weight is 1060 g/mol. The number of anilines is 9. The van der Waals surface area contributed by atoms with Crippen LogP contribution in [0.5, 0.6) is 46.0 Å². The lowest BCUT2D eigenvalue weighted by atomic mass is 9.29. The number of hydrogen-bond acceptors (Lipinski definition) is 7. The summed E-state index contributed by atoms with van der Waals surface area (Å²) in [5, 5.41) is 0. The number of rotatable bonds is 5. The Morgan fingerprint density at radius 3 is 1.11 bits per heavy atom. The Kier molecular flexibility index (Phi) is 9.96. The third-order valence-electron chi connectivity index (χ3n) is 18.0. The molecule has 11 aromatic rings. The van der Waals surface area contributed by atoms with Crippen molar-refractivity contribution < 1.29 is 18.9 Å². The highest BCUT2D eigenvalue weighted by molar-refractivity contribution is 7.05. The molecule has 6 aliphatic rings. The second-order valence-electron chi connectivity index (χ2n) is 23.0. The molecule has 0 unspecified atom stereocenters. The lowest BCUT2D eigenvalue weighted by Crippen LogP contribution is -2.66. The van der Waals surface area contributed by atoms with Gasteiger partial charge in [-0.2, -0.15) is 0 Å². The number of benzene rings is 11. The fraction of sp³-hybridized carbons (Fsp3) is 0.0833. The van der Waals surface area contributed by atoms with E-state index in [1.54, 1.807) is 0 Å². The highest BCUT2D eigenvalue weighted by Crippen LogP contribution is 2.52. The van der Waals surface area contributed by atoms with Crippen LogP contribution in [-0.4, -0.2) is 20.1 Å². The van der Waals surface area contributed by atoms with Gasteiger partial charge in [0.25, 0.3) is 20.1 Å². The quantitative estimate of drug-likeness (QED) is 0.159. The highest BCUT2D eigenvalue weighted by Gasteiger charge is 2.53. The molecule has 0 amide bonds. The van der Waals surface area contributed by atoms with Crippen molar-refractivity contribution >= 4 is 120 Å². The molecule has 0 fully saturated rings. The molecular weight excluding hydrogens is 1000 g/mol. The number of para-hydroxylation sites is 4. The van der Waals surface area contributed by atoms with Crippen LogP contribution >= 0.6 is 0 Å². The minimum absolute atomic E-state index is 0.158. The molecule has 6 heterocycles. The maximum absolute atomic E-state index is 7.70. The van der Waals surface area contributed by atoms with E-state index in [0.29, 0.717) is 0 Å². The van der Waals surface area contributed by atoms with Gasteiger partial charge < -0.3 is 33.6 Å². The maximum Gasteiger partial charge on any atom is 0.261 e. The normalized spacial score (nSPS) is 13.8. The van der Waals surface area contributed by atoms with E-state index in [0.717, 1.165) is 157 Å². The van der Waals surface area contributed by atoms with Crippen molar-refractivity contribution in [2.45, 2.75) is 41.5 Å². The first-order valence-electron chi connectivity index (χ1n) is 28.5. The van der Waals surface area contributed by atoms with Crippen molar-refractivity contribution in [2.75, 3.05) is 14.7 Å². The van der Waals surface area contributed by atoms with Crippen molar-refractivity contribution in [1.29, 1.82) is 0 Å². The second-order valence-corrected chi connectivity index (χ2v) is 23.0. The minimum Gasteiger partial charge on any atom is -0.459 e. The molecular formula is C72H52B3N3O4. The predicted octanol–water partition coefficient (Wildman–Crippen LogP) is 12.5. The SMILES string of the molecule is Cc1ccc2c(c1)Oc1cccc3c1B2c1ccc2c(c1O3)B1c3c(cc(N(c4ccccc4)c4ccccc4)cc3N(c3c(C)cccc3C)c3ccc4c(c31)Oc1cccc3c1B4c1ccc(C)cc1O3)N2c1c(C)cccc1C. The lowest BCUT2D eigenvalue weighted by Gasteiger charge is -2.48. The summed E-state index contributed by atoms with van der Waals surface area (Å²) >= 11 is 0. The topological polar surface area (TPSA) is 46.6 Å². The molecule has 0 aromatic heterocycles. The first-order valence-corrected chi connectivity index (χ1v) is 28.5. The van der Waals surface area contributed by atoms with Crippen molar-refractivity contribution in [2.24, 2.45) is 0 Å². The molecule has 11 aromatic carbocycles. The van der Waals surface area contributed by atoms with Gasteiger partial charge in [0.2, 0.25) is 0 Å². The van der Waals surface area contributed by atoms with Crippen LogP contribution in [0.2, 0.25) is 0 Å². The zero-order valence-corrected chi connectivity index (χ0v) is 46.3. The summed E-state index contributed by atoms with van der Waals surface area (Å²) in [6, 6.07) is 75.1. The van der Waals surface area contributed by atoms with Gasteiger partial charge in [0, 0.05) is 45.0 Å². The zero-order chi connectivity index (χ0) is 54.8. The van der Waals surface area contributed by atoms with E-state index in [1.807, 2.05) is 0 Å². The third-order valence-corrected chi connectivity index (χ3v) is 18.0. The molecule has 388 valence electrons. The third kappa shape index (κ3) is 6.57. The largest absolute Gasteiger partial charge is 0.459 e. The minimum atomic E-state index is -0.416. The Hall–Kier alpha value is -9.79. The molecule has 17 rings (SSSR count). The lowest BCUT2D eigenvalue weighted by molar-refractivity contribution is 0.466. The number of ether oxygens (including phenoxy) is 4. The molecule has 10 heteroatoms. The first kappa shape index (κ1) is 47.1. The molecule has 0 saturated heterocycles. The van der Waals surface area contributed by atoms with Gasteiger partial charge >= 0.3 is 0 Å². The number of nitrogens with zero attached hydrogens (tertiary/aromatic N) is 3. The highest BCUT2D eigenvalue weighted by atomic mass is 16.5. The average Bonchev–Trinajstić information content (AvgIpc) is 2.82. The number of aryl methyl sites for hydroxylation is 6. The molecule has 0 spiro atoms. The maximum atomic E-state index is 7.70. The molecule has 6 aliphatic heterocycles. The van der Waals surface area contributed by atoms with Gasteiger partial charge in [-0.05, 0) is 198 Å². The van der Waals surface area contributed by atoms with Gasteiger partial charge in [0.05, 0.1) is 17.1 Å². The Morgan fingerprint density at radius 1 is 0.293 bits per heavy atom. The van der Waals surface area contributed by atoms with Gasteiger partial charge in [-0.15, -0.1) is 0 Å². The zero-order valence-electron chi connectivity index (χ0n) is 46.3. The summed E-state index contributed by atoms with van der Waals surface area (Å²) in [4.78, 5) is 7.53. The van der Waals surface area contributed by atoms with E-state index in [9.17, 15) is 0 Å². The summed E-state index contributed by atoms with van der Waals surface area (Å²) in [5.41, 5.74) is 26.5. The molecule has 0 saturated carbocycles. The molecule has 82 heavy (non-hydrogen) atoms. The van der Waals surface area contributed by atoms with Crippen LogP contribution in [0.3, 0.4) is 0 Å². The molecule has 0 radical (unpaired) electrons. The van der Waals surface area contributed by atoms with Crippen LogP contribution in [0, 0.1) is 41.5 Å². The Balaban J connectivity index is 1.04. The van der Waals surface area contributed by atoms with Crippen LogP contribution in [0.4, 0.5) is 51.2 Å². The monoisotopic (exact) mass is 1060 g/mol. The van der Waals surface area contributed by atoms with Gasteiger partial charge in [-0.3, -0.25) is 0 Å². The Morgan fingerprint density at radius 2 is 0.683 bits per heavy atom. The summed E-state index contributed by atoms with van der Waals surface area (Å²) in [7, 11) is 0. The molecule has 0 bridgehead atoms. The van der Waals surface area contributed by atoms with Crippen LogP contribution in [-0.2, 0) is 0 Å². The van der Waals surface area contributed by atoms with E-state index in [4.69, 9.17) is 18.9 Å². The van der Waals surface area contributed by atoms with Crippen molar-refractivity contribution in [1.82, 2.24) is 0 Å². The first-order chi connectivity index (χ1) is 40.2. The molecule has 0 atom stereocenters. The molecule has 7 nitrogen and oxygen atoms in total. The van der Waals surface area contributed by atoms with Gasteiger partial charge in [-0.1, -0.05) is 121 Å². The fourth-order valence-electron chi connectivity index (χ4n) is 14.7. The summed E-state index contributed by atoms with van der Waals surface area (Å²) in [5.74, 6) is 6.69. The number of hydrogen-bond donors (Lipinski definition) is 0. The van der Waals surface area contributed by atoms with E-state index in [2.05, 4.69) is 262 Å². The standard InChI is InChI=1S/C72H52B3N3O4/c1-41-29-31-50-62(37-41)79-58-25-15-27-60-67(58)73(50)52-33-35-54-65(71(52)81-60)75-64-56(77(54)69-43(3)17-13-18-44(69)4)39-49(76(47-21-9-7-10-22-47)48-23-11-8-12-24-48)40-57(64)78(70-45(5)19-14-20-46(70)6)55-36-34-53-72(66(55)75)82-61-28-16-26-59-68(61)74(53)51-32-30-42(2)38-63(51)80-59/h7-40H,1-6H3. The van der Waals surface area contributed by atoms with Crippen molar-refractivity contribution in [3.8, 4) is 46.0 Å². The van der Waals surface area contributed by atoms with Crippen LogP contribution < -0.4 is 82.8 Å². The van der Waals surface area contributed by atoms with Gasteiger partial charge in [-0.25, -0.2) is 0 Å². The van der Waals surface area contributed by atoms with Crippen molar-refractivity contribution in [3.05, 3.63) is 240 Å². The Labute approximate surface area is 478 Å². The van der Waals surface area contributed by atoms with E-state index >= 15 is 0 Å². The summed E-state index contributed by atoms with van der Waals surface area (Å²) < 4.78 is 29.0. The summed E-state index contributed by atoms with van der Waals surface area (Å²) in [6.07, 6.45) is 0. The number of fused-ring (bicyclic) bond motifs is 14. The van der Waals surface area contributed by atoms with Gasteiger partial charge in [0.1, 0.15) is 46.0 Å². The van der Waals surface area contributed by atoms with Crippen molar-refractivity contribution in [3.63, 3.8) is 0 Å². The summed E-state index contributed by atoms with van der Waals surface area (Å²) in [6.45, 7) is 12.5. The second kappa shape index (κ2) is 17.4. The molecule has 0 N–H and O–H groups in total.